The van der Waals surface area contributed by atoms with Crippen molar-refractivity contribution in [2.45, 2.75) is 24.8 Å². The summed E-state index contributed by atoms with van der Waals surface area (Å²) in [5, 5.41) is 5.33. The SMILES string of the molecule is CC1CCSC(c2cc(Cl)ccc2Cl)N1. The third-order valence-corrected chi connectivity index (χ3v) is 4.29. The number of hydrogen-bond donors (Lipinski definition) is 1. The van der Waals surface area contributed by atoms with Gasteiger partial charge in [0.05, 0.1) is 5.37 Å². The lowest BCUT2D eigenvalue weighted by Crippen LogP contribution is -2.33. The van der Waals surface area contributed by atoms with Gasteiger partial charge in [0, 0.05) is 16.1 Å². The Morgan fingerprint density at radius 1 is 1.40 bits per heavy atom. The molecular formula is C11H13Cl2NS. The molecule has 1 saturated heterocycles. The second kappa shape index (κ2) is 4.96. The van der Waals surface area contributed by atoms with Crippen molar-refractivity contribution >= 4 is 35.0 Å². The van der Waals surface area contributed by atoms with Gasteiger partial charge in [-0.3, -0.25) is 5.32 Å². The molecule has 0 spiro atoms. The number of nitrogens with one attached hydrogen (secondary N) is 1. The highest BCUT2D eigenvalue weighted by atomic mass is 35.5. The van der Waals surface area contributed by atoms with Crippen LogP contribution in [0.1, 0.15) is 24.3 Å². The Labute approximate surface area is 105 Å². The lowest BCUT2D eigenvalue weighted by atomic mass is 10.2. The van der Waals surface area contributed by atoms with Gasteiger partial charge < -0.3 is 0 Å². The molecule has 2 rings (SSSR count). The molecule has 0 radical (unpaired) electrons. The number of rotatable bonds is 1. The average molecular weight is 262 g/mol. The fraction of sp³-hybridized carbons (Fsp3) is 0.455. The lowest BCUT2D eigenvalue weighted by Gasteiger charge is -2.29. The molecule has 1 aliphatic rings. The summed E-state index contributed by atoms with van der Waals surface area (Å²) in [6, 6.07) is 6.18. The first-order valence-corrected chi connectivity index (χ1v) is 6.80. The Balaban J connectivity index is 2.24. The second-order valence-corrected chi connectivity index (χ2v) is 5.83. The van der Waals surface area contributed by atoms with Crippen LogP contribution in [0.3, 0.4) is 0 Å². The Hall–Kier alpha value is 0.110. The van der Waals surface area contributed by atoms with E-state index in [9.17, 15) is 0 Å². The zero-order valence-electron chi connectivity index (χ0n) is 8.47. The Kier molecular flexibility index (Phi) is 3.83. The summed E-state index contributed by atoms with van der Waals surface area (Å²) in [5.41, 5.74) is 1.10. The summed E-state index contributed by atoms with van der Waals surface area (Å²) in [6.07, 6.45) is 1.21. The molecule has 82 valence electrons. The summed E-state index contributed by atoms with van der Waals surface area (Å²) in [4.78, 5) is 0. The summed E-state index contributed by atoms with van der Waals surface area (Å²) >= 11 is 14.0. The second-order valence-electron chi connectivity index (χ2n) is 3.77. The number of thioether (sulfide) groups is 1. The van der Waals surface area contributed by atoms with Gasteiger partial charge in [-0.1, -0.05) is 23.2 Å². The van der Waals surface area contributed by atoms with Gasteiger partial charge in [-0.15, -0.1) is 11.8 Å². The van der Waals surface area contributed by atoms with Crippen LogP contribution in [-0.2, 0) is 0 Å². The van der Waals surface area contributed by atoms with Gasteiger partial charge in [-0.25, -0.2) is 0 Å². The molecule has 1 heterocycles. The zero-order valence-corrected chi connectivity index (χ0v) is 10.8. The average Bonchev–Trinajstić information content (AvgIpc) is 2.22. The van der Waals surface area contributed by atoms with Gasteiger partial charge in [0.1, 0.15) is 0 Å². The fourth-order valence-electron chi connectivity index (χ4n) is 1.65. The molecule has 1 aromatic rings. The smallest absolute Gasteiger partial charge is 0.0806 e. The van der Waals surface area contributed by atoms with Gasteiger partial charge in [-0.05, 0) is 42.9 Å². The first-order chi connectivity index (χ1) is 7.16. The van der Waals surface area contributed by atoms with Gasteiger partial charge in [0.2, 0.25) is 0 Å². The first-order valence-electron chi connectivity index (χ1n) is 4.99. The Morgan fingerprint density at radius 2 is 2.20 bits per heavy atom. The zero-order chi connectivity index (χ0) is 10.8. The van der Waals surface area contributed by atoms with Crippen LogP contribution in [0.2, 0.25) is 10.0 Å². The molecule has 1 aromatic carbocycles. The molecule has 2 atom stereocenters. The standard InChI is InChI=1S/C11H13Cl2NS/c1-7-4-5-15-11(14-7)9-6-8(12)2-3-10(9)13/h2-3,6-7,11,14H,4-5H2,1H3. The fourth-order valence-corrected chi connectivity index (χ4v) is 3.55. The largest absolute Gasteiger partial charge is 0.299 e. The predicted molar refractivity (Wildman–Crippen MR) is 68.9 cm³/mol. The van der Waals surface area contributed by atoms with Crippen molar-refractivity contribution in [2.75, 3.05) is 5.75 Å². The van der Waals surface area contributed by atoms with Crippen LogP contribution < -0.4 is 5.32 Å². The van der Waals surface area contributed by atoms with E-state index in [0.29, 0.717) is 6.04 Å². The van der Waals surface area contributed by atoms with Gasteiger partial charge in [-0.2, -0.15) is 0 Å². The maximum absolute atomic E-state index is 6.17. The maximum Gasteiger partial charge on any atom is 0.0806 e. The summed E-state index contributed by atoms with van der Waals surface area (Å²) in [7, 11) is 0. The molecule has 4 heteroatoms. The minimum absolute atomic E-state index is 0.278. The molecule has 0 saturated carbocycles. The summed E-state index contributed by atoms with van der Waals surface area (Å²) < 4.78 is 0. The van der Waals surface area contributed by atoms with Gasteiger partial charge >= 0.3 is 0 Å². The van der Waals surface area contributed by atoms with E-state index in [1.165, 1.54) is 12.2 Å². The van der Waals surface area contributed by atoms with Crippen LogP contribution in [0.4, 0.5) is 0 Å². The summed E-state index contributed by atoms with van der Waals surface area (Å²) in [6.45, 7) is 2.20. The van der Waals surface area contributed by atoms with Crippen molar-refractivity contribution in [1.29, 1.82) is 0 Å². The van der Waals surface area contributed by atoms with E-state index in [2.05, 4.69) is 12.2 Å². The van der Waals surface area contributed by atoms with Crippen molar-refractivity contribution < 1.29 is 0 Å². The molecule has 0 aliphatic carbocycles. The van der Waals surface area contributed by atoms with Gasteiger partial charge in [0.15, 0.2) is 0 Å². The molecule has 1 fully saturated rings. The van der Waals surface area contributed by atoms with Crippen LogP contribution in [0.25, 0.3) is 0 Å². The van der Waals surface area contributed by atoms with Crippen molar-refractivity contribution in [3.8, 4) is 0 Å². The lowest BCUT2D eigenvalue weighted by molar-refractivity contribution is 0.512. The van der Waals surface area contributed by atoms with Crippen molar-refractivity contribution in [1.82, 2.24) is 5.32 Å². The minimum atomic E-state index is 0.278. The molecule has 1 N–H and O–H groups in total. The highest BCUT2D eigenvalue weighted by molar-refractivity contribution is 7.99. The summed E-state index contributed by atoms with van der Waals surface area (Å²) in [5.74, 6) is 1.17. The third kappa shape index (κ3) is 2.82. The minimum Gasteiger partial charge on any atom is -0.299 e. The molecule has 1 nitrogen and oxygen atoms in total. The van der Waals surface area contributed by atoms with E-state index >= 15 is 0 Å². The van der Waals surface area contributed by atoms with Crippen LogP contribution in [-0.4, -0.2) is 11.8 Å². The van der Waals surface area contributed by atoms with E-state index in [1.54, 1.807) is 0 Å². The van der Waals surface area contributed by atoms with E-state index in [-0.39, 0.29) is 5.37 Å². The Morgan fingerprint density at radius 3 is 2.93 bits per heavy atom. The maximum atomic E-state index is 6.17. The van der Waals surface area contributed by atoms with Gasteiger partial charge in [0.25, 0.3) is 0 Å². The molecule has 0 bridgehead atoms. The van der Waals surface area contributed by atoms with E-state index < -0.39 is 0 Å². The number of benzene rings is 1. The van der Waals surface area contributed by atoms with Crippen LogP contribution >= 0.6 is 35.0 Å². The van der Waals surface area contributed by atoms with Crippen LogP contribution in [0.15, 0.2) is 18.2 Å². The third-order valence-electron chi connectivity index (χ3n) is 2.51. The van der Waals surface area contributed by atoms with Crippen molar-refractivity contribution in [3.05, 3.63) is 33.8 Å². The molecule has 1 aliphatic heterocycles. The molecule has 15 heavy (non-hydrogen) atoms. The molecule has 0 aromatic heterocycles. The monoisotopic (exact) mass is 261 g/mol. The van der Waals surface area contributed by atoms with Crippen LogP contribution in [0, 0.1) is 0 Å². The highest BCUT2D eigenvalue weighted by Crippen LogP contribution is 2.36. The van der Waals surface area contributed by atoms with Crippen LogP contribution in [0.5, 0.6) is 0 Å². The molecular weight excluding hydrogens is 249 g/mol. The topological polar surface area (TPSA) is 12.0 Å². The number of halogens is 2. The molecule has 0 amide bonds. The quantitative estimate of drug-likeness (QED) is 0.817. The van der Waals surface area contributed by atoms with E-state index in [4.69, 9.17) is 23.2 Å². The predicted octanol–water partition coefficient (Wildman–Crippen LogP) is 4.11. The normalized spacial score (nSPS) is 26.6. The number of hydrogen-bond acceptors (Lipinski definition) is 2. The molecule has 2 unspecified atom stereocenters. The van der Waals surface area contributed by atoms with Crippen molar-refractivity contribution in [3.63, 3.8) is 0 Å². The van der Waals surface area contributed by atoms with E-state index in [0.717, 1.165) is 15.6 Å². The first kappa shape index (κ1) is 11.6. The van der Waals surface area contributed by atoms with Crippen molar-refractivity contribution in [2.24, 2.45) is 0 Å². The highest BCUT2D eigenvalue weighted by Gasteiger charge is 2.21. The van der Waals surface area contributed by atoms with E-state index in [1.807, 2.05) is 30.0 Å². The Bertz CT molecular complexity index is 356.